The number of rotatable bonds is 3. The molecule has 0 fully saturated rings. The van der Waals surface area contributed by atoms with Gasteiger partial charge < -0.3 is 4.74 Å². The van der Waals surface area contributed by atoms with Crippen LogP contribution in [-0.4, -0.2) is 28.2 Å². The summed E-state index contributed by atoms with van der Waals surface area (Å²) in [6.45, 7) is 0. The Morgan fingerprint density at radius 1 is 1.44 bits per heavy atom. The number of alkyl halides is 1. The van der Waals surface area contributed by atoms with Crippen LogP contribution in [0.4, 0.5) is 0 Å². The molecule has 0 spiro atoms. The second kappa shape index (κ2) is 4.57. The topological polar surface area (TPSA) is 52.1 Å². The van der Waals surface area contributed by atoms with Crippen molar-refractivity contribution in [3.63, 3.8) is 0 Å². The first-order valence-corrected chi connectivity index (χ1v) is 5.77. The highest BCUT2D eigenvalue weighted by Crippen LogP contribution is 2.19. The van der Waals surface area contributed by atoms with Gasteiger partial charge in [-0.2, -0.15) is 0 Å². The summed E-state index contributed by atoms with van der Waals surface area (Å²) in [6, 6.07) is 5.17. The predicted octanol–water partition coefficient (Wildman–Crippen LogP) is 2.22. The number of hydrogen-bond donors (Lipinski definition) is 0. The highest BCUT2D eigenvalue weighted by atomic mass is 79.9. The lowest BCUT2D eigenvalue weighted by Crippen LogP contribution is -2.03. The zero-order chi connectivity index (χ0) is 11.5. The molecule has 82 valence electrons. The van der Waals surface area contributed by atoms with Gasteiger partial charge in [0, 0.05) is 17.8 Å². The zero-order valence-electron chi connectivity index (χ0n) is 8.61. The first-order chi connectivity index (χ1) is 7.76. The second-order valence-electron chi connectivity index (χ2n) is 3.14. The fourth-order valence-corrected chi connectivity index (χ4v) is 1.72. The van der Waals surface area contributed by atoms with Crippen LogP contribution >= 0.6 is 15.9 Å². The number of hydrogen-bond acceptors (Lipinski definition) is 4. The van der Waals surface area contributed by atoms with Crippen LogP contribution in [0.3, 0.4) is 0 Å². The Labute approximate surface area is 101 Å². The Morgan fingerprint density at radius 3 is 2.94 bits per heavy atom. The summed E-state index contributed by atoms with van der Waals surface area (Å²) in [5, 5.41) is 0.269. The van der Waals surface area contributed by atoms with E-state index in [1.165, 1.54) is 7.11 Å². The minimum Gasteiger partial charge on any atom is -0.481 e. The maximum atomic E-state index is 11.7. The Bertz CT molecular complexity index is 542. The number of fused-ring (bicyclic) bond motifs is 1. The van der Waals surface area contributed by atoms with Gasteiger partial charge in [0.25, 0.3) is 0 Å². The molecule has 0 aliphatic carbocycles. The summed E-state index contributed by atoms with van der Waals surface area (Å²) in [7, 11) is 1.54. The molecule has 0 bridgehead atoms. The van der Waals surface area contributed by atoms with Crippen LogP contribution in [0.1, 0.15) is 10.4 Å². The molecular formula is C11H9BrN2O2. The summed E-state index contributed by atoms with van der Waals surface area (Å²) < 4.78 is 5.03. The molecule has 0 aromatic carbocycles. The van der Waals surface area contributed by atoms with E-state index in [1.54, 1.807) is 24.4 Å². The van der Waals surface area contributed by atoms with E-state index in [2.05, 4.69) is 25.9 Å². The molecule has 4 nitrogen and oxygen atoms in total. The molecule has 2 rings (SSSR count). The fraction of sp³-hybridized carbons (Fsp3) is 0.182. The molecular weight excluding hydrogens is 272 g/mol. The molecule has 0 saturated heterocycles. The maximum Gasteiger partial charge on any atom is 0.213 e. The van der Waals surface area contributed by atoms with Crippen molar-refractivity contribution in [2.45, 2.75) is 0 Å². The average molecular weight is 281 g/mol. The van der Waals surface area contributed by atoms with Crippen molar-refractivity contribution >= 4 is 32.7 Å². The van der Waals surface area contributed by atoms with Gasteiger partial charge in [-0.25, -0.2) is 4.98 Å². The lowest BCUT2D eigenvalue weighted by molar-refractivity contribution is 0.102. The largest absolute Gasteiger partial charge is 0.481 e. The van der Waals surface area contributed by atoms with E-state index >= 15 is 0 Å². The first kappa shape index (κ1) is 11.0. The Kier molecular flexibility index (Phi) is 3.14. The number of halogens is 1. The van der Waals surface area contributed by atoms with Crippen LogP contribution < -0.4 is 4.74 Å². The molecule has 2 aromatic rings. The van der Waals surface area contributed by atoms with Gasteiger partial charge in [-0.05, 0) is 12.1 Å². The molecule has 0 saturated carbocycles. The van der Waals surface area contributed by atoms with Gasteiger partial charge in [0.15, 0.2) is 5.78 Å². The monoisotopic (exact) mass is 280 g/mol. The number of carbonyl (C=O) groups excluding carboxylic acids is 1. The number of ether oxygens (including phenoxy) is 1. The average Bonchev–Trinajstić information content (AvgIpc) is 2.36. The molecule has 0 aliphatic heterocycles. The number of pyridine rings is 2. The van der Waals surface area contributed by atoms with Crippen molar-refractivity contribution in [3.05, 3.63) is 30.0 Å². The van der Waals surface area contributed by atoms with E-state index in [1.807, 2.05) is 0 Å². The summed E-state index contributed by atoms with van der Waals surface area (Å²) >= 11 is 3.14. The fourth-order valence-electron chi connectivity index (χ4n) is 1.42. The quantitative estimate of drug-likeness (QED) is 0.639. The minimum atomic E-state index is -0.0202. The lowest BCUT2D eigenvalue weighted by atomic mass is 10.1. The Balaban J connectivity index is 2.68. The van der Waals surface area contributed by atoms with Crippen molar-refractivity contribution in [3.8, 4) is 5.88 Å². The third kappa shape index (κ3) is 1.90. The Morgan fingerprint density at radius 2 is 2.25 bits per heavy atom. The van der Waals surface area contributed by atoms with Gasteiger partial charge in [0.05, 0.1) is 18.0 Å². The van der Waals surface area contributed by atoms with Crippen LogP contribution in [0.5, 0.6) is 5.88 Å². The SMILES string of the molecule is COc1ccc2nccc(C(=O)CBr)c2n1. The summed E-state index contributed by atoms with van der Waals surface area (Å²) in [4.78, 5) is 20.1. The molecule has 0 radical (unpaired) electrons. The van der Waals surface area contributed by atoms with Crippen molar-refractivity contribution in [1.29, 1.82) is 0 Å². The van der Waals surface area contributed by atoms with Crippen LogP contribution in [0.2, 0.25) is 0 Å². The van der Waals surface area contributed by atoms with Crippen molar-refractivity contribution in [1.82, 2.24) is 9.97 Å². The third-order valence-corrected chi connectivity index (χ3v) is 2.70. The van der Waals surface area contributed by atoms with E-state index in [0.29, 0.717) is 22.5 Å². The summed E-state index contributed by atoms with van der Waals surface area (Å²) in [5.74, 6) is 0.456. The third-order valence-electron chi connectivity index (χ3n) is 2.19. The minimum absolute atomic E-state index is 0.0202. The van der Waals surface area contributed by atoms with E-state index in [4.69, 9.17) is 4.74 Å². The van der Waals surface area contributed by atoms with Gasteiger partial charge in [-0.3, -0.25) is 9.78 Å². The second-order valence-corrected chi connectivity index (χ2v) is 3.70. The molecule has 2 heterocycles. The lowest BCUT2D eigenvalue weighted by Gasteiger charge is -2.04. The first-order valence-electron chi connectivity index (χ1n) is 4.65. The molecule has 16 heavy (non-hydrogen) atoms. The normalized spacial score (nSPS) is 10.4. The van der Waals surface area contributed by atoms with Gasteiger partial charge in [-0.1, -0.05) is 15.9 Å². The number of ketones is 1. The number of nitrogens with zero attached hydrogens (tertiary/aromatic N) is 2. The number of Topliss-reactive ketones (excluding diaryl/α,β-unsaturated/α-hetero) is 1. The molecule has 0 amide bonds. The van der Waals surface area contributed by atoms with Crippen LogP contribution in [0, 0.1) is 0 Å². The van der Waals surface area contributed by atoms with Crippen molar-refractivity contribution < 1.29 is 9.53 Å². The molecule has 5 heteroatoms. The highest BCUT2D eigenvalue weighted by Gasteiger charge is 2.11. The van der Waals surface area contributed by atoms with Gasteiger partial charge >= 0.3 is 0 Å². The van der Waals surface area contributed by atoms with Crippen LogP contribution in [0.25, 0.3) is 11.0 Å². The maximum absolute atomic E-state index is 11.7. The number of methoxy groups -OCH3 is 1. The zero-order valence-corrected chi connectivity index (χ0v) is 10.2. The van der Waals surface area contributed by atoms with E-state index in [9.17, 15) is 4.79 Å². The summed E-state index contributed by atoms with van der Waals surface area (Å²) in [5.41, 5.74) is 1.82. The predicted molar refractivity (Wildman–Crippen MR) is 64.2 cm³/mol. The van der Waals surface area contributed by atoms with Crippen molar-refractivity contribution in [2.75, 3.05) is 12.4 Å². The molecule has 0 aliphatic rings. The van der Waals surface area contributed by atoms with Gasteiger partial charge in [0.2, 0.25) is 5.88 Å². The molecule has 2 aromatic heterocycles. The number of aromatic nitrogens is 2. The smallest absolute Gasteiger partial charge is 0.213 e. The van der Waals surface area contributed by atoms with Crippen LogP contribution in [0.15, 0.2) is 24.4 Å². The van der Waals surface area contributed by atoms with Crippen LogP contribution in [-0.2, 0) is 0 Å². The number of carbonyl (C=O) groups is 1. The van der Waals surface area contributed by atoms with Gasteiger partial charge in [0.1, 0.15) is 5.52 Å². The van der Waals surface area contributed by atoms with E-state index in [-0.39, 0.29) is 11.1 Å². The highest BCUT2D eigenvalue weighted by molar-refractivity contribution is 9.09. The van der Waals surface area contributed by atoms with Gasteiger partial charge in [-0.15, -0.1) is 0 Å². The molecule has 0 unspecified atom stereocenters. The van der Waals surface area contributed by atoms with Crippen molar-refractivity contribution in [2.24, 2.45) is 0 Å². The summed E-state index contributed by atoms with van der Waals surface area (Å²) in [6.07, 6.45) is 1.60. The van der Waals surface area contributed by atoms with E-state index in [0.717, 1.165) is 0 Å². The Hall–Kier alpha value is -1.49. The standard InChI is InChI=1S/C11H9BrN2O2/c1-16-10-3-2-8-11(14-10)7(4-5-13-8)9(15)6-12/h2-5H,6H2,1H3. The molecule has 0 N–H and O–H groups in total. The van der Waals surface area contributed by atoms with E-state index < -0.39 is 0 Å². The molecule has 0 atom stereocenters.